The van der Waals surface area contributed by atoms with Gasteiger partial charge in [-0.1, -0.05) is 18.9 Å². The number of likely N-dealkylation sites (tertiary alicyclic amines) is 1. The van der Waals surface area contributed by atoms with Gasteiger partial charge in [-0.25, -0.2) is 0 Å². The second-order valence-corrected chi connectivity index (χ2v) is 9.02. The molecule has 1 aromatic heterocycles. The molecule has 8 heteroatoms. The van der Waals surface area contributed by atoms with Crippen LogP contribution < -0.4 is 20.2 Å². The van der Waals surface area contributed by atoms with Crippen molar-refractivity contribution in [2.45, 2.75) is 57.5 Å². The number of ether oxygens (including phenoxy) is 2. The SMILES string of the molecule is O=C(NCc1ccc2c(c1)OCO2)c1cn(C2CCCC2)cc(C(=O)N2CCCCC2)c1=O. The Labute approximate surface area is 192 Å². The van der Waals surface area contributed by atoms with Gasteiger partial charge in [0, 0.05) is 38.1 Å². The lowest BCUT2D eigenvalue weighted by molar-refractivity contribution is 0.0722. The summed E-state index contributed by atoms with van der Waals surface area (Å²) in [5, 5.41) is 2.84. The maximum atomic E-state index is 13.3. The van der Waals surface area contributed by atoms with Crippen molar-refractivity contribution >= 4 is 11.8 Å². The highest BCUT2D eigenvalue weighted by Crippen LogP contribution is 2.32. The predicted octanol–water partition coefficient (Wildman–Crippen LogP) is 3.25. The quantitative estimate of drug-likeness (QED) is 0.754. The summed E-state index contributed by atoms with van der Waals surface area (Å²) in [4.78, 5) is 41.3. The molecule has 1 aliphatic carbocycles. The van der Waals surface area contributed by atoms with Gasteiger partial charge in [0.1, 0.15) is 11.1 Å². The number of rotatable bonds is 5. The van der Waals surface area contributed by atoms with Gasteiger partial charge in [-0.15, -0.1) is 0 Å². The Balaban J connectivity index is 1.41. The minimum atomic E-state index is -0.497. The first-order chi connectivity index (χ1) is 16.1. The zero-order chi connectivity index (χ0) is 22.8. The van der Waals surface area contributed by atoms with Crippen LogP contribution >= 0.6 is 0 Å². The molecule has 1 aromatic carbocycles. The van der Waals surface area contributed by atoms with E-state index in [1.54, 1.807) is 23.4 Å². The summed E-state index contributed by atoms with van der Waals surface area (Å²) in [6.45, 7) is 1.73. The number of nitrogens with zero attached hydrogens (tertiary/aromatic N) is 2. The molecule has 2 amide bonds. The zero-order valence-corrected chi connectivity index (χ0v) is 18.7. The fourth-order valence-electron chi connectivity index (χ4n) is 4.92. The fraction of sp³-hybridized carbons (Fsp3) is 0.480. The molecule has 2 aliphatic heterocycles. The average Bonchev–Trinajstić information content (AvgIpc) is 3.55. The molecule has 1 N–H and O–H groups in total. The normalized spacial score (nSPS) is 17.9. The second-order valence-electron chi connectivity index (χ2n) is 9.02. The van der Waals surface area contributed by atoms with Crippen molar-refractivity contribution in [1.82, 2.24) is 14.8 Å². The number of piperidine rings is 1. The zero-order valence-electron chi connectivity index (χ0n) is 18.7. The standard InChI is InChI=1S/C25H29N3O5/c29-23-19(24(30)26-13-17-8-9-21-22(12-17)33-16-32-21)14-28(18-6-2-3-7-18)15-20(23)25(31)27-10-4-1-5-11-27/h8-9,12,14-15,18H,1-7,10-11,13,16H2,(H,26,30). The Hall–Kier alpha value is -3.29. The van der Waals surface area contributed by atoms with E-state index in [2.05, 4.69) is 5.32 Å². The van der Waals surface area contributed by atoms with Crippen molar-refractivity contribution in [1.29, 1.82) is 0 Å². The number of pyridine rings is 1. The molecular weight excluding hydrogens is 422 g/mol. The largest absolute Gasteiger partial charge is 0.454 e. The molecule has 8 nitrogen and oxygen atoms in total. The summed E-state index contributed by atoms with van der Waals surface area (Å²) in [6, 6.07) is 5.67. The monoisotopic (exact) mass is 451 g/mol. The predicted molar refractivity (Wildman–Crippen MR) is 122 cm³/mol. The number of hydrogen-bond donors (Lipinski definition) is 1. The van der Waals surface area contributed by atoms with E-state index in [9.17, 15) is 14.4 Å². The number of nitrogens with one attached hydrogen (secondary N) is 1. The number of aromatic nitrogens is 1. The molecule has 5 rings (SSSR count). The number of fused-ring (bicyclic) bond motifs is 1. The summed E-state index contributed by atoms with van der Waals surface area (Å²) in [7, 11) is 0. The van der Waals surface area contributed by atoms with Crippen LogP contribution in [0.1, 0.15) is 77.3 Å². The van der Waals surface area contributed by atoms with Crippen molar-refractivity contribution in [3.63, 3.8) is 0 Å². The number of carbonyl (C=O) groups excluding carboxylic acids is 2. The first-order valence-corrected chi connectivity index (χ1v) is 11.8. The van der Waals surface area contributed by atoms with Gasteiger partial charge in [0.2, 0.25) is 12.2 Å². The molecule has 1 saturated carbocycles. The molecule has 0 spiro atoms. The van der Waals surface area contributed by atoms with Gasteiger partial charge in [0.05, 0.1) is 0 Å². The first kappa shape index (κ1) is 21.6. The van der Waals surface area contributed by atoms with E-state index < -0.39 is 11.3 Å². The molecule has 0 radical (unpaired) electrons. The Morgan fingerprint density at radius 2 is 1.67 bits per heavy atom. The minimum Gasteiger partial charge on any atom is -0.454 e. The van der Waals surface area contributed by atoms with Crippen molar-refractivity contribution in [2.75, 3.05) is 19.9 Å². The van der Waals surface area contributed by atoms with E-state index in [1.807, 2.05) is 16.7 Å². The van der Waals surface area contributed by atoms with Gasteiger partial charge in [-0.2, -0.15) is 0 Å². The molecular formula is C25H29N3O5. The molecule has 33 heavy (non-hydrogen) atoms. The van der Waals surface area contributed by atoms with Crippen LogP contribution in [-0.2, 0) is 6.54 Å². The number of benzene rings is 1. The fourth-order valence-corrected chi connectivity index (χ4v) is 4.92. The lowest BCUT2D eigenvalue weighted by Gasteiger charge is -2.27. The Morgan fingerprint density at radius 3 is 2.45 bits per heavy atom. The van der Waals surface area contributed by atoms with Crippen LogP contribution in [-0.4, -0.2) is 41.2 Å². The Kier molecular flexibility index (Phi) is 6.07. The van der Waals surface area contributed by atoms with Crippen LogP contribution in [0.15, 0.2) is 35.4 Å². The summed E-state index contributed by atoms with van der Waals surface area (Å²) >= 11 is 0. The molecule has 0 unspecified atom stereocenters. The molecule has 0 bridgehead atoms. The molecule has 3 aliphatic rings. The lowest BCUT2D eigenvalue weighted by Crippen LogP contribution is -2.40. The van der Waals surface area contributed by atoms with E-state index >= 15 is 0 Å². The van der Waals surface area contributed by atoms with Gasteiger partial charge < -0.3 is 24.3 Å². The average molecular weight is 452 g/mol. The summed E-state index contributed by atoms with van der Waals surface area (Å²) in [6.07, 6.45) is 10.5. The van der Waals surface area contributed by atoms with Crippen molar-refractivity contribution in [2.24, 2.45) is 0 Å². The van der Waals surface area contributed by atoms with Crippen LogP contribution in [0.25, 0.3) is 0 Å². The number of carbonyl (C=O) groups is 2. The number of amides is 2. The molecule has 3 heterocycles. The van der Waals surface area contributed by atoms with E-state index in [0.717, 1.165) is 50.5 Å². The van der Waals surface area contributed by atoms with Crippen LogP contribution in [0.4, 0.5) is 0 Å². The first-order valence-electron chi connectivity index (χ1n) is 11.8. The van der Waals surface area contributed by atoms with Gasteiger partial charge >= 0.3 is 0 Å². The summed E-state index contributed by atoms with van der Waals surface area (Å²) in [5.74, 6) is 0.572. The third kappa shape index (κ3) is 4.47. The van der Waals surface area contributed by atoms with E-state index in [-0.39, 0.29) is 36.4 Å². The van der Waals surface area contributed by atoms with Gasteiger partial charge in [0.15, 0.2) is 11.5 Å². The van der Waals surface area contributed by atoms with Crippen LogP contribution in [0.3, 0.4) is 0 Å². The molecule has 2 aromatic rings. The highest BCUT2D eigenvalue weighted by Gasteiger charge is 2.26. The third-order valence-electron chi connectivity index (χ3n) is 6.80. The van der Waals surface area contributed by atoms with E-state index in [0.29, 0.717) is 24.6 Å². The highest BCUT2D eigenvalue weighted by molar-refractivity contribution is 5.99. The summed E-state index contributed by atoms with van der Waals surface area (Å²) < 4.78 is 12.6. The lowest BCUT2D eigenvalue weighted by atomic mass is 10.1. The summed E-state index contributed by atoms with van der Waals surface area (Å²) in [5.41, 5.74) is 0.456. The number of hydrogen-bond acceptors (Lipinski definition) is 5. The van der Waals surface area contributed by atoms with Gasteiger partial charge in [-0.05, 0) is 49.8 Å². The van der Waals surface area contributed by atoms with Crippen molar-refractivity contribution < 1.29 is 19.1 Å². The highest BCUT2D eigenvalue weighted by atomic mass is 16.7. The van der Waals surface area contributed by atoms with Crippen LogP contribution in [0.2, 0.25) is 0 Å². The van der Waals surface area contributed by atoms with Crippen LogP contribution in [0, 0.1) is 0 Å². The maximum Gasteiger partial charge on any atom is 0.259 e. The van der Waals surface area contributed by atoms with E-state index in [1.165, 1.54) is 0 Å². The van der Waals surface area contributed by atoms with Crippen LogP contribution in [0.5, 0.6) is 11.5 Å². The third-order valence-corrected chi connectivity index (χ3v) is 6.80. The Morgan fingerprint density at radius 1 is 0.939 bits per heavy atom. The topological polar surface area (TPSA) is 89.9 Å². The second kappa shape index (κ2) is 9.29. The minimum absolute atomic E-state index is 0.0190. The molecule has 0 atom stereocenters. The Bertz CT molecular complexity index is 1110. The molecule has 2 fully saturated rings. The molecule has 174 valence electrons. The molecule has 1 saturated heterocycles. The van der Waals surface area contributed by atoms with Crippen molar-refractivity contribution in [3.8, 4) is 11.5 Å². The van der Waals surface area contributed by atoms with Gasteiger partial charge in [-0.3, -0.25) is 14.4 Å². The van der Waals surface area contributed by atoms with E-state index in [4.69, 9.17) is 9.47 Å². The maximum absolute atomic E-state index is 13.3. The van der Waals surface area contributed by atoms with Gasteiger partial charge in [0.25, 0.3) is 11.8 Å². The smallest absolute Gasteiger partial charge is 0.259 e. The van der Waals surface area contributed by atoms with Crippen molar-refractivity contribution in [3.05, 3.63) is 57.5 Å².